The van der Waals surface area contributed by atoms with Crippen LogP contribution in [-0.2, 0) is 0 Å². The second kappa shape index (κ2) is 5.71. The molecule has 2 amide bonds. The number of carbonyl (C=O) groups is 1. The summed E-state index contributed by atoms with van der Waals surface area (Å²) in [7, 11) is 0. The summed E-state index contributed by atoms with van der Waals surface area (Å²) >= 11 is 0. The summed E-state index contributed by atoms with van der Waals surface area (Å²) in [5, 5.41) is 0. The average molecular weight is 239 g/mol. The molecular formula is C13H25N3O. The van der Waals surface area contributed by atoms with Crippen LogP contribution < -0.4 is 5.73 Å². The van der Waals surface area contributed by atoms with Gasteiger partial charge in [-0.15, -0.1) is 0 Å². The lowest BCUT2D eigenvalue weighted by atomic mass is 9.97. The molecule has 2 N–H and O–H groups in total. The van der Waals surface area contributed by atoms with Gasteiger partial charge in [-0.3, -0.25) is 0 Å². The SMILES string of the molecule is CC1CCN(C(=O)N2CCCC(CN)C2)CC1. The van der Waals surface area contributed by atoms with Crippen LogP contribution in [-0.4, -0.2) is 48.6 Å². The first-order valence-electron chi connectivity index (χ1n) is 6.94. The third-order valence-corrected chi connectivity index (χ3v) is 4.18. The van der Waals surface area contributed by atoms with Crippen molar-refractivity contribution in [2.45, 2.75) is 32.6 Å². The number of nitrogens with two attached hydrogens (primary N) is 1. The van der Waals surface area contributed by atoms with Crippen molar-refractivity contribution in [2.24, 2.45) is 17.6 Å². The van der Waals surface area contributed by atoms with Gasteiger partial charge in [0.15, 0.2) is 0 Å². The maximum Gasteiger partial charge on any atom is 0.320 e. The number of urea groups is 1. The first-order chi connectivity index (χ1) is 8.20. The van der Waals surface area contributed by atoms with E-state index >= 15 is 0 Å². The Labute approximate surface area is 104 Å². The molecule has 2 rings (SSSR count). The Kier molecular flexibility index (Phi) is 4.26. The maximum absolute atomic E-state index is 12.3. The van der Waals surface area contributed by atoms with Gasteiger partial charge in [-0.2, -0.15) is 0 Å². The molecule has 0 radical (unpaired) electrons. The summed E-state index contributed by atoms with van der Waals surface area (Å²) < 4.78 is 0. The molecule has 0 aromatic rings. The minimum absolute atomic E-state index is 0.245. The predicted octanol–water partition coefficient (Wildman–Crippen LogP) is 1.51. The average Bonchev–Trinajstić information content (AvgIpc) is 2.39. The summed E-state index contributed by atoms with van der Waals surface area (Å²) in [6, 6.07) is 0.245. The van der Waals surface area contributed by atoms with E-state index in [1.165, 1.54) is 6.42 Å². The number of hydrogen-bond donors (Lipinski definition) is 1. The second-order valence-electron chi connectivity index (χ2n) is 5.64. The molecule has 0 aromatic heterocycles. The Balaban J connectivity index is 1.86. The van der Waals surface area contributed by atoms with Gasteiger partial charge in [0, 0.05) is 26.2 Å². The fourth-order valence-corrected chi connectivity index (χ4v) is 2.83. The lowest BCUT2D eigenvalue weighted by molar-refractivity contribution is 0.115. The van der Waals surface area contributed by atoms with E-state index in [0.717, 1.165) is 51.4 Å². The van der Waals surface area contributed by atoms with Crippen LogP contribution in [0.25, 0.3) is 0 Å². The van der Waals surface area contributed by atoms with E-state index in [0.29, 0.717) is 12.5 Å². The molecule has 4 nitrogen and oxygen atoms in total. The fourth-order valence-electron chi connectivity index (χ4n) is 2.83. The molecule has 0 aliphatic carbocycles. The van der Waals surface area contributed by atoms with Crippen molar-refractivity contribution < 1.29 is 4.79 Å². The highest BCUT2D eigenvalue weighted by Crippen LogP contribution is 2.20. The van der Waals surface area contributed by atoms with Gasteiger partial charge in [0.05, 0.1) is 0 Å². The maximum atomic E-state index is 12.3. The van der Waals surface area contributed by atoms with E-state index in [9.17, 15) is 4.79 Å². The second-order valence-corrected chi connectivity index (χ2v) is 5.64. The molecule has 17 heavy (non-hydrogen) atoms. The number of carbonyl (C=O) groups excluding carboxylic acids is 1. The van der Waals surface area contributed by atoms with Gasteiger partial charge in [0.2, 0.25) is 0 Å². The number of likely N-dealkylation sites (tertiary alicyclic amines) is 2. The third-order valence-electron chi connectivity index (χ3n) is 4.18. The van der Waals surface area contributed by atoms with Gasteiger partial charge < -0.3 is 15.5 Å². The zero-order valence-corrected chi connectivity index (χ0v) is 10.9. The zero-order valence-electron chi connectivity index (χ0n) is 10.9. The van der Waals surface area contributed by atoms with Crippen molar-refractivity contribution in [3.8, 4) is 0 Å². The van der Waals surface area contributed by atoms with Gasteiger partial charge in [-0.05, 0) is 44.1 Å². The van der Waals surface area contributed by atoms with E-state index in [1.54, 1.807) is 0 Å². The molecule has 2 heterocycles. The molecule has 2 fully saturated rings. The van der Waals surface area contributed by atoms with E-state index in [2.05, 4.69) is 6.92 Å². The highest BCUT2D eigenvalue weighted by Gasteiger charge is 2.28. The molecule has 0 aromatic carbocycles. The highest BCUT2D eigenvalue weighted by molar-refractivity contribution is 5.74. The van der Waals surface area contributed by atoms with Crippen LogP contribution in [0, 0.1) is 11.8 Å². The van der Waals surface area contributed by atoms with Gasteiger partial charge in [0.1, 0.15) is 0 Å². The van der Waals surface area contributed by atoms with E-state index < -0.39 is 0 Å². The Hall–Kier alpha value is -0.770. The first kappa shape index (κ1) is 12.7. The Morgan fingerprint density at radius 2 is 1.88 bits per heavy atom. The smallest absolute Gasteiger partial charge is 0.320 e. The van der Waals surface area contributed by atoms with Crippen molar-refractivity contribution in [1.29, 1.82) is 0 Å². The number of nitrogens with zero attached hydrogens (tertiary/aromatic N) is 2. The quantitative estimate of drug-likeness (QED) is 0.754. The molecule has 0 spiro atoms. The van der Waals surface area contributed by atoms with Crippen molar-refractivity contribution in [1.82, 2.24) is 9.80 Å². The third kappa shape index (κ3) is 3.12. The Morgan fingerprint density at radius 3 is 2.53 bits per heavy atom. The topological polar surface area (TPSA) is 49.6 Å². The van der Waals surface area contributed by atoms with Gasteiger partial charge in [-0.25, -0.2) is 4.79 Å². The fraction of sp³-hybridized carbons (Fsp3) is 0.923. The largest absolute Gasteiger partial charge is 0.330 e. The van der Waals surface area contributed by atoms with Crippen molar-refractivity contribution in [3.05, 3.63) is 0 Å². The first-order valence-corrected chi connectivity index (χ1v) is 6.94. The lowest BCUT2D eigenvalue weighted by Crippen LogP contribution is -2.50. The molecule has 4 heteroatoms. The van der Waals surface area contributed by atoms with E-state index in [-0.39, 0.29) is 6.03 Å². The van der Waals surface area contributed by atoms with Gasteiger partial charge in [0.25, 0.3) is 0 Å². The standard InChI is InChI=1S/C13H25N3O/c1-11-4-7-15(8-5-11)13(17)16-6-2-3-12(9-14)10-16/h11-12H,2-10,14H2,1H3. The van der Waals surface area contributed by atoms with Crippen molar-refractivity contribution in [3.63, 3.8) is 0 Å². The van der Waals surface area contributed by atoms with Crippen LogP contribution >= 0.6 is 0 Å². The molecular weight excluding hydrogens is 214 g/mol. The van der Waals surface area contributed by atoms with Crippen molar-refractivity contribution >= 4 is 6.03 Å². The molecule has 0 bridgehead atoms. The molecule has 2 aliphatic heterocycles. The number of rotatable bonds is 1. The molecule has 2 aliphatic rings. The van der Waals surface area contributed by atoms with Crippen LogP contribution in [0.4, 0.5) is 4.79 Å². The Bertz CT molecular complexity index is 261. The van der Waals surface area contributed by atoms with Gasteiger partial charge in [-0.1, -0.05) is 6.92 Å². The highest BCUT2D eigenvalue weighted by atomic mass is 16.2. The summed E-state index contributed by atoms with van der Waals surface area (Å²) in [6.07, 6.45) is 4.59. The zero-order chi connectivity index (χ0) is 12.3. The number of piperidine rings is 2. The molecule has 0 saturated carbocycles. The summed E-state index contributed by atoms with van der Waals surface area (Å²) in [5.41, 5.74) is 5.71. The Morgan fingerprint density at radius 1 is 1.18 bits per heavy atom. The number of amides is 2. The monoisotopic (exact) mass is 239 g/mol. The summed E-state index contributed by atoms with van der Waals surface area (Å²) in [6.45, 7) is 6.63. The van der Waals surface area contributed by atoms with Gasteiger partial charge >= 0.3 is 6.03 Å². The van der Waals surface area contributed by atoms with Crippen molar-refractivity contribution in [2.75, 3.05) is 32.7 Å². The van der Waals surface area contributed by atoms with Crippen LogP contribution in [0.15, 0.2) is 0 Å². The molecule has 1 unspecified atom stereocenters. The van der Waals surface area contributed by atoms with Crippen LogP contribution in [0.3, 0.4) is 0 Å². The summed E-state index contributed by atoms with van der Waals surface area (Å²) in [5.74, 6) is 1.29. The molecule has 1 atom stereocenters. The summed E-state index contributed by atoms with van der Waals surface area (Å²) in [4.78, 5) is 16.4. The lowest BCUT2D eigenvalue weighted by Gasteiger charge is -2.38. The molecule has 98 valence electrons. The minimum atomic E-state index is 0.245. The molecule has 2 saturated heterocycles. The van der Waals surface area contributed by atoms with E-state index in [4.69, 9.17) is 5.73 Å². The van der Waals surface area contributed by atoms with Crippen LogP contribution in [0.1, 0.15) is 32.6 Å². The van der Waals surface area contributed by atoms with E-state index in [1.807, 2.05) is 9.80 Å². The predicted molar refractivity (Wildman–Crippen MR) is 68.7 cm³/mol. The van der Waals surface area contributed by atoms with Crippen LogP contribution in [0.2, 0.25) is 0 Å². The number of hydrogen-bond acceptors (Lipinski definition) is 2. The van der Waals surface area contributed by atoms with Crippen LogP contribution in [0.5, 0.6) is 0 Å². The normalized spacial score (nSPS) is 27.3. The minimum Gasteiger partial charge on any atom is -0.330 e.